The minimum Gasteiger partial charge on any atom is -0.493 e. The van der Waals surface area contributed by atoms with E-state index in [0.29, 0.717) is 5.88 Å². The first-order chi connectivity index (χ1) is 9.35. The average Bonchev–Trinajstić information content (AvgIpc) is 3.06. The van der Waals surface area contributed by atoms with E-state index in [0.717, 1.165) is 35.7 Å². The van der Waals surface area contributed by atoms with E-state index in [9.17, 15) is 0 Å². The number of fused-ring (bicyclic) bond motifs is 2. The number of benzene rings is 1. The van der Waals surface area contributed by atoms with E-state index >= 15 is 0 Å². The topological polar surface area (TPSA) is 9.23 Å². The summed E-state index contributed by atoms with van der Waals surface area (Å²) in [7, 11) is 0. The highest BCUT2D eigenvalue weighted by Gasteiger charge is 2.39. The van der Waals surface area contributed by atoms with E-state index < -0.39 is 0 Å². The zero-order valence-corrected chi connectivity index (χ0v) is 11.8. The van der Waals surface area contributed by atoms with Gasteiger partial charge >= 0.3 is 0 Å². The number of halogens is 1. The molecule has 1 aromatic carbocycles. The molecule has 2 heteroatoms. The first-order valence-electron chi connectivity index (χ1n) is 7.13. The molecule has 3 unspecified atom stereocenters. The largest absolute Gasteiger partial charge is 0.493 e. The molecule has 1 nitrogen and oxygen atoms in total. The van der Waals surface area contributed by atoms with Gasteiger partial charge in [-0.25, -0.2) is 0 Å². The smallest absolute Gasteiger partial charge is 0.120 e. The highest BCUT2D eigenvalue weighted by molar-refractivity contribution is 6.19. The van der Waals surface area contributed by atoms with Crippen LogP contribution in [0.1, 0.15) is 31.2 Å². The second-order valence-corrected chi connectivity index (χ2v) is 5.98. The Hall–Kier alpha value is -1.13. The monoisotopic (exact) mass is 274 g/mol. The molecule has 0 heterocycles. The van der Waals surface area contributed by atoms with Gasteiger partial charge < -0.3 is 4.74 Å². The Morgan fingerprint density at radius 1 is 1.26 bits per heavy atom. The standard InChI is InChI=1S/C17H19ClO/c18-8-2-4-13-3-1-5-17(11-13)19-12-16-10-14-6-7-15(16)9-14/h1,3,5,11,14-16H,6-10,12H2. The molecule has 0 aromatic heterocycles. The number of hydrogen-bond donors (Lipinski definition) is 0. The lowest BCUT2D eigenvalue weighted by Gasteiger charge is -2.21. The molecule has 0 aliphatic heterocycles. The lowest BCUT2D eigenvalue weighted by Crippen LogP contribution is -2.18. The summed E-state index contributed by atoms with van der Waals surface area (Å²) in [5, 5.41) is 0. The van der Waals surface area contributed by atoms with E-state index in [1.165, 1.54) is 25.7 Å². The van der Waals surface area contributed by atoms with Gasteiger partial charge in [0.05, 0.1) is 12.5 Å². The van der Waals surface area contributed by atoms with Crippen LogP contribution in [0, 0.1) is 29.6 Å². The van der Waals surface area contributed by atoms with Crippen LogP contribution in [-0.4, -0.2) is 12.5 Å². The molecule has 0 radical (unpaired) electrons. The molecule has 1 aromatic rings. The maximum Gasteiger partial charge on any atom is 0.120 e. The van der Waals surface area contributed by atoms with Crippen molar-refractivity contribution in [3.63, 3.8) is 0 Å². The molecule has 2 aliphatic carbocycles. The Labute approximate surface area is 120 Å². The molecule has 3 atom stereocenters. The Balaban J connectivity index is 1.58. The minimum absolute atomic E-state index is 0.371. The highest BCUT2D eigenvalue weighted by atomic mass is 35.5. The van der Waals surface area contributed by atoms with Crippen molar-refractivity contribution in [2.75, 3.05) is 12.5 Å². The highest BCUT2D eigenvalue weighted by Crippen LogP contribution is 2.48. The molecule has 0 spiro atoms. The summed E-state index contributed by atoms with van der Waals surface area (Å²) in [5.74, 6) is 9.88. The van der Waals surface area contributed by atoms with Crippen LogP contribution in [0.15, 0.2) is 24.3 Å². The fourth-order valence-corrected chi connectivity index (χ4v) is 3.65. The third-order valence-electron chi connectivity index (χ3n) is 4.48. The quantitative estimate of drug-likeness (QED) is 0.596. The second-order valence-electron chi connectivity index (χ2n) is 5.71. The normalized spacial score (nSPS) is 27.9. The van der Waals surface area contributed by atoms with E-state index in [1.54, 1.807) is 0 Å². The molecule has 2 bridgehead atoms. The summed E-state index contributed by atoms with van der Waals surface area (Å²) in [6.07, 6.45) is 5.68. The summed E-state index contributed by atoms with van der Waals surface area (Å²) in [6.45, 7) is 0.869. The maximum absolute atomic E-state index is 5.96. The lowest BCUT2D eigenvalue weighted by atomic mass is 9.89. The van der Waals surface area contributed by atoms with Crippen LogP contribution in [0.25, 0.3) is 0 Å². The van der Waals surface area contributed by atoms with Gasteiger partial charge in [0.25, 0.3) is 0 Å². The zero-order chi connectivity index (χ0) is 13.1. The fourth-order valence-electron chi connectivity index (χ4n) is 3.58. The van der Waals surface area contributed by atoms with Crippen molar-refractivity contribution in [1.29, 1.82) is 0 Å². The average molecular weight is 275 g/mol. The summed E-state index contributed by atoms with van der Waals surface area (Å²) in [6, 6.07) is 8.00. The van der Waals surface area contributed by atoms with Gasteiger partial charge in [0.2, 0.25) is 0 Å². The number of ether oxygens (including phenoxy) is 1. The van der Waals surface area contributed by atoms with Crippen molar-refractivity contribution in [3.05, 3.63) is 29.8 Å². The van der Waals surface area contributed by atoms with Gasteiger partial charge in [-0.05, 0) is 55.2 Å². The SMILES string of the molecule is ClCC#Cc1cccc(OCC2CC3CCC2C3)c1. The molecule has 0 amide bonds. The van der Waals surface area contributed by atoms with Crippen LogP contribution in [0.3, 0.4) is 0 Å². The molecule has 0 saturated heterocycles. The summed E-state index contributed by atoms with van der Waals surface area (Å²) in [4.78, 5) is 0. The van der Waals surface area contributed by atoms with Gasteiger partial charge in [0.15, 0.2) is 0 Å². The van der Waals surface area contributed by atoms with Crippen LogP contribution in [0.4, 0.5) is 0 Å². The second kappa shape index (κ2) is 5.88. The van der Waals surface area contributed by atoms with Crippen molar-refractivity contribution in [1.82, 2.24) is 0 Å². The molecule has 3 rings (SSSR count). The molecule has 19 heavy (non-hydrogen) atoms. The van der Waals surface area contributed by atoms with E-state index in [-0.39, 0.29) is 0 Å². The predicted octanol–water partition coefficient (Wildman–Crippen LogP) is 4.09. The third kappa shape index (κ3) is 3.07. The van der Waals surface area contributed by atoms with Crippen LogP contribution in [0.5, 0.6) is 5.75 Å². The van der Waals surface area contributed by atoms with Crippen molar-refractivity contribution < 1.29 is 4.74 Å². The van der Waals surface area contributed by atoms with Gasteiger partial charge in [-0.1, -0.05) is 24.3 Å². The molecule has 0 N–H and O–H groups in total. The lowest BCUT2D eigenvalue weighted by molar-refractivity contribution is 0.195. The van der Waals surface area contributed by atoms with E-state index in [1.807, 2.05) is 24.3 Å². The zero-order valence-electron chi connectivity index (χ0n) is 11.1. The molecule has 2 aliphatic rings. The maximum atomic E-state index is 5.96. The molecular weight excluding hydrogens is 256 g/mol. The Bertz CT molecular complexity index is 499. The first-order valence-corrected chi connectivity index (χ1v) is 7.66. The fraction of sp³-hybridized carbons (Fsp3) is 0.529. The summed E-state index contributed by atoms with van der Waals surface area (Å²) >= 11 is 5.57. The third-order valence-corrected chi connectivity index (χ3v) is 4.62. The number of hydrogen-bond acceptors (Lipinski definition) is 1. The van der Waals surface area contributed by atoms with Crippen molar-refractivity contribution >= 4 is 11.6 Å². The predicted molar refractivity (Wildman–Crippen MR) is 78.5 cm³/mol. The molecule has 2 fully saturated rings. The van der Waals surface area contributed by atoms with Crippen molar-refractivity contribution in [2.24, 2.45) is 17.8 Å². The molecular formula is C17H19ClO. The van der Waals surface area contributed by atoms with Gasteiger partial charge in [-0.15, -0.1) is 11.6 Å². The first kappa shape index (κ1) is 12.9. The Morgan fingerprint density at radius 2 is 2.21 bits per heavy atom. The van der Waals surface area contributed by atoms with E-state index in [2.05, 4.69) is 11.8 Å². The number of rotatable bonds is 3. The van der Waals surface area contributed by atoms with Crippen molar-refractivity contribution in [3.8, 4) is 17.6 Å². The van der Waals surface area contributed by atoms with Crippen LogP contribution < -0.4 is 4.74 Å². The molecule has 100 valence electrons. The summed E-state index contributed by atoms with van der Waals surface area (Å²) in [5.41, 5.74) is 0.978. The van der Waals surface area contributed by atoms with E-state index in [4.69, 9.17) is 16.3 Å². The van der Waals surface area contributed by atoms with Gasteiger partial charge in [-0.2, -0.15) is 0 Å². The van der Waals surface area contributed by atoms with Crippen LogP contribution in [0.2, 0.25) is 0 Å². The summed E-state index contributed by atoms with van der Waals surface area (Å²) < 4.78 is 5.96. The van der Waals surface area contributed by atoms with Gasteiger partial charge in [0, 0.05) is 5.56 Å². The minimum atomic E-state index is 0.371. The van der Waals surface area contributed by atoms with Crippen LogP contribution in [-0.2, 0) is 0 Å². The van der Waals surface area contributed by atoms with Crippen molar-refractivity contribution in [2.45, 2.75) is 25.7 Å². The van der Waals surface area contributed by atoms with Gasteiger partial charge in [0.1, 0.15) is 5.75 Å². The Kier molecular flexibility index (Phi) is 3.99. The number of alkyl halides is 1. The van der Waals surface area contributed by atoms with Crippen LogP contribution >= 0.6 is 11.6 Å². The Morgan fingerprint density at radius 3 is 2.95 bits per heavy atom. The van der Waals surface area contributed by atoms with Gasteiger partial charge in [-0.3, -0.25) is 0 Å². The molecule has 2 saturated carbocycles.